The average molecular weight is 408 g/mol. The molecule has 11 heteroatoms. The normalized spacial score (nSPS) is 13.3. The van der Waals surface area contributed by atoms with Crippen LogP contribution in [0.3, 0.4) is 0 Å². The third-order valence-corrected chi connectivity index (χ3v) is 6.30. The van der Waals surface area contributed by atoms with Gasteiger partial charge in [-0.3, -0.25) is 4.57 Å². The first kappa shape index (κ1) is 22.7. The van der Waals surface area contributed by atoms with Gasteiger partial charge in [-0.2, -0.15) is 0 Å². The van der Waals surface area contributed by atoms with Crippen LogP contribution in [0.2, 0.25) is 0 Å². The standard InChI is InChI=1S/C15H25N2O7PS/c1-6-21-25(20,22-7-2)12-9-17-11(26-12)8-10(16)13(18)23-14(19)24-15(3,4)5/h9-10H,6-8,16H2,1-5H3/t10-/m0/s1. The Labute approximate surface area is 156 Å². The molecule has 1 aromatic heterocycles. The monoisotopic (exact) mass is 408 g/mol. The molecule has 0 aromatic carbocycles. The molecular weight excluding hydrogens is 383 g/mol. The first-order chi connectivity index (χ1) is 12.0. The number of nitrogens with zero attached hydrogens (tertiary/aromatic N) is 1. The molecule has 0 aliphatic carbocycles. The molecule has 2 N–H and O–H groups in total. The lowest BCUT2D eigenvalue weighted by molar-refractivity contribution is -0.142. The molecular formula is C15H25N2O7PS. The zero-order valence-corrected chi connectivity index (χ0v) is 17.2. The molecule has 9 nitrogen and oxygen atoms in total. The van der Waals surface area contributed by atoms with E-state index in [2.05, 4.69) is 9.72 Å². The summed E-state index contributed by atoms with van der Waals surface area (Å²) in [5.74, 6) is -0.936. The summed E-state index contributed by atoms with van der Waals surface area (Å²) in [5, 5.41) is 0.438. The topological polar surface area (TPSA) is 127 Å². The van der Waals surface area contributed by atoms with Crippen LogP contribution >= 0.6 is 18.9 Å². The van der Waals surface area contributed by atoms with Crippen molar-refractivity contribution in [3.8, 4) is 0 Å². The van der Waals surface area contributed by atoms with Crippen molar-refractivity contribution in [3.05, 3.63) is 11.2 Å². The predicted octanol–water partition coefficient (Wildman–Crippen LogP) is 2.38. The first-order valence-electron chi connectivity index (χ1n) is 8.05. The number of carbonyl (C=O) groups is 2. The quantitative estimate of drug-likeness (QED) is 0.392. The van der Waals surface area contributed by atoms with Gasteiger partial charge in [0.25, 0.3) is 0 Å². The highest BCUT2D eigenvalue weighted by Gasteiger charge is 2.30. The summed E-state index contributed by atoms with van der Waals surface area (Å²) in [5.41, 5.74) is 4.96. The fourth-order valence-electron chi connectivity index (χ4n) is 1.73. The minimum absolute atomic E-state index is 0.00451. The van der Waals surface area contributed by atoms with Gasteiger partial charge in [0.2, 0.25) is 0 Å². The van der Waals surface area contributed by atoms with Crippen LogP contribution in [0.5, 0.6) is 0 Å². The molecule has 0 aliphatic rings. The van der Waals surface area contributed by atoms with Crippen molar-refractivity contribution in [3.63, 3.8) is 0 Å². The Kier molecular flexibility index (Phi) is 8.36. The molecule has 0 unspecified atom stereocenters. The van der Waals surface area contributed by atoms with E-state index in [4.69, 9.17) is 19.5 Å². The summed E-state index contributed by atoms with van der Waals surface area (Å²) in [6.07, 6.45) is 0.262. The molecule has 26 heavy (non-hydrogen) atoms. The number of thiazole rings is 1. The lowest BCUT2D eigenvalue weighted by atomic mass is 10.2. The van der Waals surface area contributed by atoms with Gasteiger partial charge in [0.1, 0.15) is 16.3 Å². The van der Waals surface area contributed by atoms with Crippen LogP contribution in [0.4, 0.5) is 4.79 Å². The molecule has 0 bridgehead atoms. The number of rotatable bonds is 8. The van der Waals surface area contributed by atoms with Gasteiger partial charge in [0.15, 0.2) is 0 Å². The van der Waals surface area contributed by atoms with Crippen LogP contribution in [0.15, 0.2) is 6.20 Å². The molecule has 0 amide bonds. The number of aromatic nitrogens is 1. The number of ether oxygens (including phenoxy) is 2. The third kappa shape index (κ3) is 7.13. The van der Waals surface area contributed by atoms with E-state index < -0.39 is 31.4 Å². The molecule has 148 valence electrons. The number of hydrogen-bond donors (Lipinski definition) is 1. The van der Waals surface area contributed by atoms with E-state index in [9.17, 15) is 14.2 Å². The summed E-state index contributed by atoms with van der Waals surface area (Å²) >= 11 is 1.07. The average Bonchev–Trinajstić information content (AvgIpc) is 2.94. The van der Waals surface area contributed by atoms with Crippen molar-refractivity contribution in [2.75, 3.05) is 13.2 Å². The maximum atomic E-state index is 12.7. The molecule has 0 saturated carbocycles. The van der Waals surface area contributed by atoms with Crippen LogP contribution in [0, 0.1) is 0 Å². The lowest BCUT2D eigenvalue weighted by Crippen LogP contribution is -2.37. The summed E-state index contributed by atoms with van der Waals surface area (Å²) in [6, 6.07) is -1.12. The van der Waals surface area contributed by atoms with Crippen LogP contribution in [-0.2, 0) is 34.3 Å². The van der Waals surface area contributed by atoms with E-state index >= 15 is 0 Å². The molecule has 1 heterocycles. The van der Waals surface area contributed by atoms with Gasteiger partial charge in [-0.15, -0.1) is 11.3 Å². The fourth-order valence-corrected chi connectivity index (χ4v) is 4.73. The molecule has 0 radical (unpaired) electrons. The van der Waals surface area contributed by atoms with Crippen LogP contribution < -0.4 is 10.4 Å². The fraction of sp³-hybridized carbons (Fsp3) is 0.667. The SMILES string of the molecule is CCOP(=O)(OCC)c1cnc(C[C@H](N)C(=O)OC(=O)OC(C)(C)C)s1. The number of esters is 1. The summed E-state index contributed by atoms with van der Waals surface area (Å²) in [7, 11) is -3.44. The smallest absolute Gasteiger partial charge is 0.428 e. The van der Waals surface area contributed by atoms with Crippen molar-refractivity contribution in [2.24, 2.45) is 5.73 Å². The third-order valence-electron chi connectivity index (χ3n) is 2.68. The van der Waals surface area contributed by atoms with Crippen molar-refractivity contribution in [1.29, 1.82) is 0 Å². The summed E-state index contributed by atoms with van der Waals surface area (Å²) in [4.78, 5) is 27.5. The van der Waals surface area contributed by atoms with Gasteiger partial charge in [-0.05, 0) is 34.6 Å². The zero-order chi connectivity index (χ0) is 20.0. The Hall–Kier alpha value is -1.32. The molecule has 1 rings (SSSR count). The minimum atomic E-state index is -3.44. The van der Waals surface area contributed by atoms with Crippen LogP contribution in [0.1, 0.15) is 39.6 Å². The van der Waals surface area contributed by atoms with Gasteiger partial charge in [-0.25, -0.2) is 14.6 Å². The number of hydrogen-bond acceptors (Lipinski definition) is 10. The van der Waals surface area contributed by atoms with Gasteiger partial charge < -0.3 is 24.3 Å². The second kappa shape index (κ2) is 9.57. The summed E-state index contributed by atoms with van der Waals surface area (Å²) < 4.78 is 32.9. The molecule has 1 aromatic rings. The van der Waals surface area contributed by atoms with Crippen molar-refractivity contribution >= 4 is 35.7 Å². The molecule has 0 aliphatic heterocycles. The van der Waals surface area contributed by atoms with Gasteiger partial charge in [0.05, 0.1) is 24.4 Å². The minimum Gasteiger partial charge on any atom is -0.428 e. The molecule has 0 spiro atoms. The van der Waals surface area contributed by atoms with E-state index in [1.807, 2.05) is 0 Å². The Morgan fingerprint density at radius 2 is 1.85 bits per heavy atom. The zero-order valence-electron chi connectivity index (χ0n) is 15.5. The maximum Gasteiger partial charge on any atom is 0.516 e. The Morgan fingerprint density at radius 1 is 1.27 bits per heavy atom. The predicted molar refractivity (Wildman–Crippen MR) is 96.6 cm³/mol. The Morgan fingerprint density at radius 3 is 2.35 bits per heavy atom. The molecule has 0 fully saturated rings. The van der Waals surface area contributed by atoms with Crippen LogP contribution in [-0.4, -0.2) is 42.0 Å². The maximum absolute atomic E-state index is 12.7. The van der Waals surface area contributed by atoms with Crippen molar-refractivity contribution in [2.45, 2.75) is 52.7 Å². The van der Waals surface area contributed by atoms with E-state index in [-0.39, 0.29) is 19.6 Å². The number of nitrogens with two attached hydrogens (primary N) is 1. The van der Waals surface area contributed by atoms with Crippen molar-refractivity contribution in [1.82, 2.24) is 4.98 Å². The first-order valence-corrected chi connectivity index (χ1v) is 10.4. The van der Waals surface area contributed by atoms with Crippen LogP contribution in [0.25, 0.3) is 0 Å². The lowest BCUT2D eigenvalue weighted by Gasteiger charge is -2.18. The van der Waals surface area contributed by atoms with Gasteiger partial charge in [0, 0.05) is 6.42 Å². The number of carbonyl (C=O) groups excluding carboxylic acids is 2. The molecule has 1 atom stereocenters. The highest BCUT2D eigenvalue weighted by atomic mass is 32.1. The van der Waals surface area contributed by atoms with Crippen molar-refractivity contribution < 1.29 is 32.7 Å². The van der Waals surface area contributed by atoms with E-state index in [0.29, 0.717) is 9.63 Å². The molecule has 0 saturated heterocycles. The largest absolute Gasteiger partial charge is 0.516 e. The van der Waals surface area contributed by atoms with Gasteiger partial charge in [-0.1, -0.05) is 0 Å². The second-order valence-electron chi connectivity index (χ2n) is 6.12. The van der Waals surface area contributed by atoms with E-state index in [1.165, 1.54) is 6.20 Å². The summed E-state index contributed by atoms with van der Waals surface area (Å²) in [6.45, 7) is 8.77. The Balaban J connectivity index is 2.72. The second-order valence-corrected chi connectivity index (χ2v) is 9.53. The van der Waals surface area contributed by atoms with Gasteiger partial charge >= 0.3 is 19.7 Å². The highest BCUT2D eigenvalue weighted by molar-refractivity contribution is 7.68. The highest BCUT2D eigenvalue weighted by Crippen LogP contribution is 2.48. The Bertz CT molecular complexity index is 661. The van der Waals surface area contributed by atoms with E-state index in [0.717, 1.165) is 11.3 Å². The van der Waals surface area contributed by atoms with E-state index in [1.54, 1.807) is 34.6 Å².